The third-order valence-corrected chi connectivity index (χ3v) is 5.01. The fourth-order valence-corrected chi connectivity index (χ4v) is 3.58. The molecule has 1 fully saturated rings. The van der Waals surface area contributed by atoms with E-state index in [1.807, 2.05) is 12.1 Å². The molecular weight excluding hydrogens is 313 g/mol. The second-order valence-electron chi connectivity index (χ2n) is 6.51. The van der Waals surface area contributed by atoms with E-state index >= 15 is 0 Å². The van der Waals surface area contributed by atoms with Crippen LogP contribution in [0.4, 0.5) is 10.2 Å². The van der Waals surface area contributed by atoms with Crippen LogP contribution in [0.2, 0.25) is 5.28 Å². The molecule has 1 aromatic carbocycles. The highest BCUT2D eigenvalue weighted by Gasteiger charge is 2.29. The number of halogens is 2. The van der Waals surface area contributed by atoms with Crippen LogP contribution in [-0.2, 0) is 6.42 Å². The number of anilines is 1. The highest BCUT2D eigenvalue weighted by atomic mass is 35.5. The Morgan fingerprint density at radius 1 is 1.13 bits per heavy atom. The standard InChI is InChI=1S/C18H19ClFN3/c19-18-22-16-14(12-3-5-13(20)6-4-12)7-8-15(16)17(23-18)21-10-9-11-1-2-11/h3-6,11,14H,1-2,7-10H2,(H,21,22,23). The quantitative estimate of drug-likeness (QED) is 0.816. The summed E-state index contributed by atoms with van der Waals surface area (Å²) in [5.41, 5.74) is 3.24. The second kappa shape index (κ2) is 6.08. The minimum atomic E-state index is -0.213. The molecule has 0 spiro atoms. The molecule has 0 aliphatic heterocycles. The van der Waals surface area contributed by atoms with Crippen LogP contribution in [0.3, 0.4) is 0 Å². The number of nitrogens with one attached hydrogen (secondary N) is 1. The molecule has 0 saturated heterocycles. The molecule has 0 amide bonds. The van der Waals surface area contributed by atoms with E-state index in [2.05, 4.69) is 15.3 Å². The second-order valence-corrected chi connectivity index (χ2v) is 6.84. The van der Waals surface area contributed by atoms with Gasteiger partial charge in [-0.15, -0.1) is 0 Å². The van der Waals surface area contributed by atoms with Crippen LogP contribution in [0.1, 0.15) is 48.4 Å². The van der Waals surface area contributed by atoms with Gasteiger partial charge in [0, 0.05) is 18.0 Å². The molecule has 1 aromatic heterocycles. The van der Waals surface area contributed by atoms with Crippen LogP contribution in [0.25, 0.3) is 0 Å². The lowest BCUT2D eigenvalue weighted by molar-refractivity contribution is 0.625. The van der Waals surface area contributed by atoms with Crippen LogP contribution in [0, 0.1) is 11.7 Å². The number of rotatable bonds is 5. The van der Waals surface area contributed by atoms with Crippen molar-refractivity contribution >= 4 is 17.4 Å². The maximum atomic E-state index is 13.2. The SMILES string of the molecule is Fc1ccc(C2CCc3c(NCCC4CC4)nc(Cl)nc32)cc1. The lowest BCUT2D eigenvalue weighted by atomic mass is 9.97. The highest BCUT2D eigenvalue weighted by Crippen LogP contribution is 2.40. The summed E-state index contributed by atoms with van der Waals surface area (Å²) < 4.78 is 13.2. The van der Waals surface area contributed by atoms with Gasteiger partial charge in [-0.25, -0.2) is 14.4 Å². The largest absolute Gasteiger partial charge is 0.370 e. The average Bonchev–Trinajstić information content (AvgIpc) is 3.26. The molecule has 120 valence electrons. The number of fused-ring (bicyclic) bond motifs is 1. The van der Waals surface area contributed by atoms with Crippen molar-refractivity contribution < 1.29 is 4.39 Å². The van der Waals surface area contributed by atoms with Crippen molar-refractivity contribution in [2.45, 2.75) is 38.0 Å². The zero-order chi connectivity index (χ0) is 15.8. The fraction of sp³-hybridized carbons (Fsp3) is 0.444. The van der Waals surface area contributed by atoms with E-state index in [4.69, 9.17) is 11.6 Å². The molecule has 23 heavy (non-hydrogen) atoms. The first-order chi connectivity index (χ1) is 11.2. The number of hydrogen-bond acceptors (Lipinski definition) is 3. The Hall–Kier alpha value is -1.68. The van der Waals surface area contributed by atoms with Gasteiger partial charge >= 0.3 is 0 Å². The van der Waals surface area contributed by atoms with E-state index in [-0.39, 0.29) is 17.0 Å². The van der Waals surface area contributed by atoms with Gasteiger partial charge in [-0.3, -0.25) is 0 Å². The molecule has 3 nitrogen and oxygen atoms in total. The van der Waals surface area contributed by atoms with Gasteiger partial charge < -0.3 is 5.32 Å². The minimum Gasteiger partial charge on any atom is -0.370 e. The van der Waals surface area contributed by atoms with E-state index < -0.39 is 0 Å². The molecule has 1 N–H and O–H groups in total. The highest BCUT2D eigenvalue weighted by molar-refractivity contribution is 6.28. The Labute approximate surface area is 140 Å². The summed E-state index contributed by atoms with van der Waals surface area (Å²) in [7, 11) is 0. The van der Waals surface area contributed by atoms with Crippen molar-refractivity contribution in [3.05, 3.63) is 52.2 Å². The number of benzene rings is 1. The Morgan fingerprint density at radius 2 is 1.91 bits per heavy atom. The molecule has 0 radical (unpaired) electrons. The van der Waals surface area contributed by atoms with Gasteiger partial charge in [-0.1, -0.05) is 25.0 Å². The summed E-state index contributed by atoms with van der Waals surface area (Å²) in [5, 5.41) is 3.73. The first-order valence-electron chi connectivity index (χ1n) is 8.26. The first kappa shape index (κ1) is 14.9. The van der Waals surface area contributed by atoms with Gasteiger partial charge in [0.05, 0.1) is 5.69 Å². The van der Waals surface area contributed by atoms with E-state index in [1.54, 1.807) is 0 Å². The summed E-state index contributed by atoms with van der Waals surface area (Å²) in [6, 6.07) is 6.69. The van der Waals surface area contributed by atoms with E-state index in [9.17, 15) is 4.39 Å². The van der Waals surface area contributed by atoms with E-state index in [1.165, 1.54) is 37.0 Å². The lowest BCUT2D eigenvalue weighted by Gasteiger charge is -2.13. The Bertz CT molecular complexity index is 713. The fourth-order valence-electron chi connectivity index (χ4n) is 3.40. The van der Waals surface area contributed by atoms with Crippen LogP contribution in [0.15, 0.2) is 24.3 Å². The molecule has 2 aliphatic rings. The molecule has 2 aliphatic carbocycles. The van der Waals surface area contributed by atoms with Gasteiger partial charge in [-0.2, -0.15) is 0 Å². The molecule has 5 heteroatoms. The summed E-state index contributed by atoms with van der Waals surface area (Å²) >= 11 is 6.14. The zero-order valence-corrected chi connectivity index (χ0v) is 13.6. The van der Waals surface area contributed by atoms with Crippen LogP contribution >= 0.6 is 11.6 Å². The van der Waals surface area contributed by atoms with Gasteiger partial charge in [0.25, 0.3) is 0 Å². The van der Waals surface area contributed by atoms with Crippen molar-refractivity contribution in [1.29, 1.82) is 0 Å². The van der Waals surface area contributed by atoms with Gasteiger partial charge in [0.2, 0.25) is 5.28 Å². The van der Waals surface area contributed by atoms with Crippen LogP contribution < -0.4 is 5.32 Å². The number of hydrogen-bond donors (Lipinski definition) is 1. The van der Waals surface area contributed by atoms with E-state index in [0.717, 1.165) is 42.4 Å². The molecule has 1 heterocycles. The Balaban J connectivity index is 1.59. The first-order valence-corrected chi connectivity index (χ1v) is 8.64. The maximum absolute atomic E-state index is 13.2. The summed E-state index contributed by atoms with van der Waals surface area (Å²) in [5.74, 6) is 1.73. The lowest BCUT2D eigenvalue weighted by Crippen LogP contribution is -2.09. The summed E-state index contributed by atoms with van der Waals surface area (Å²) in [4.78, 5) is 8.86. The van der Waals surface area contributed by atoms with Crippen LogP contribution in [0.5, 0.6) is 0 Å². The molecule has 1 saturated carbocycles. The molecule has 0 bridgehead atoms. The molecule has 4 rings (SSSR count). The van der Waals surface area contributed by atoms with Crippen molar-refractivity contribution in [3.8, 4) is 0 Å². The van der Waals surface area contributed by atoms with Gasteiger partial charge in [0.1, 0.15) is 11.6 Å². The molecule has 1 atom stereocenters. The monoisotopic (exact) mass is 331 g/mol. The van der Waals surface area contributed by atoms with Crippen molar-refractivity contribution in [3.63, 3.8) is 0 Å². The average molecular weight is 332 g/mol. The third kappa shape index (κ3) is 3.18. The van der Waals surface area contributed by atoms with Crippen molar-refractivity contribution in [2.75, 3.05) is 11.9 Å². The minimum absolute atomic E-state index is 0.176. The smallest absolute Gasteiger partial charge is 0.224 e. The predicted molar refractivity (Wildman–Crippen MR) is 89.4 cm³/mol. The van der Waals surface area contributed by atoms with Crippen molar-refractivity contribution in [1.82, 2.24) is 9.97 Å². The number of nitrogens with zero attached hydrogens (tertiary/aromatic N) is 2. The molecular formula is C18H19ClFN3. The van der Waals surface area contributed by atoms with Gasteiger partial charge in [-0.05, 0) is 54.5 Å². The van der Waals surface area contributed by atoms with Gasteiger partial charge in [0.15, 0.2) is 0 Å². The van der Waals surface area contributed by atoms with Crippen LogP contribution in [-0.4, -0.2) is 16.5 Å². The number of aromatic nitrogens is 2. The molecule has 2 aromatic rings. The third-order valence-electron chi connectivity index (χ3n) is 4.84. The predicted octanol–water partition coefficient (Wildman–Crippen LogP) is 4.56. The topological polar surface area (TPSA) is 37.8 Å². The Morgan fingerprint density at radius 3 is 2.65 bits per heavy atom. The maximum Gasteiger partial charge on any atom is 0.224 e. The normalized spacial score (nSPS) is 19.7. The Kier molecular flexibility index (Phi) is 3.93. The van der Waals surface area contributed by atoms with Crippen molar-refractivity contribution in [2.24, 2.45) is 5.92 Å². The van der Waals surface area contributed by atoms with E-state index in [0.29, 0.717) is 0 Å². The summed E-state index contributed by atoms with van der Waals surface area (Å²) in [6.45, 7) is 0.936. The summed E-state index contributed by atoms with van der Waals surface area (Å²) in [6.07, 6.45) is 5.80. The zero-order valence-electron chi connectivity index (χ0n) is 12.9. The molecule has 1 unspecified atom stereocenters.